The van der Waals surface area contributed by atoms with Gasteiger partial charge in [-0.3, -0.25) is 4.99 Å². The molecule has 0 saturated carbocycles. The molecule has 142 valence electrons. The molecule has 0 aromatic heterocycles. The number of thioether (sulfide) groups is 1. The van der Waals surface area contributed by atoms with Crippen molar-refractivity contribution in [2.45, 2.75) is 38.6 Å². The molecule has 27 heavy (non-hydrogen) atoms. The molecular weight excluding hydrogens is 376 g/mol. The summed E-state index contributed by atoms with van der Waals surface area (Å²) in [5.74, 6) is 1.18. The van der Waals surface area contributed by atoms with E-state index in [2.05, 4.69) is 62.1 Å². The second-order valence-electron chi connectivity index (χ2n) is 7.50. The Morgan fingerprint density at radius 1 is 1.07 bits per heavy atom. The summed E-state index contributed by atoms with van der Waals surface area (Å²) in [7, 11) is -3.02. The van der Waals surface area contributed by atoms with Crippen LogP contribution in [0.2, 0.25) is 0 Å². The molecule has 2 aliphatic heterocycles. The van der Waals surface area contributed by atoms with Crippen LogP contribution >= 0.6 is 11.8 Å². The monoisotopic (exact) mass is 400 g/mol. The van der Waals surface area contributed by atoms with Crippen molar-refractivity contribution in [3.05, 3.63) is 64.7 Å². The number of amidine groups is 1. The zero-order chi connectivity index (χ0) is 19.2. The van der Waals surface area contributed by atoms with Gasteiger partial charge < -0.3 is 4.90 Å². The molecule has 0 unspecified atom stereocenters. The van der Waals surface area contributed by atoms with Crippen molar-refractivity contribution in [3.8, 4) is 0 Å². The lowest BCUT2D eigenvalue weighted by molar-refractivity contribution is 0.601. The third-order valence-electron chi connectivity index (χ3n) is 5.34. The standard InChI is InChI=1S/C21H24N2O2S2/c1-14-8-9-19(16(3)10-14)23-20-13-27(24,25)12-18(20)22-21(23)26-11-17-7-5-4-6-15(17)2/h4-10,18,20H,11-13H2,1-3H3/t18-,20-/m1/s1. The van der Waals surface area contributed by atoms with Crippen molar-refractivity contribution in [2.24, 2.45) is 4.99 Å². The highest BCUT2D eigenvalue weighted by Gasteiger charge is 2.47. The number of benzene rings is 2. The predicted molar refractivity (Wildman–Crippen MR) is 115 cm³/mol. The summed E-state index contributed by atoms with van der Waals surface area (Å²) in [6.07, 6.45) is 0. The van der Waals surface area contributed by atoms with Crippen molar-refractivity contribution in [1.82, 2.24) is 0 Å². The topological polar surface area (TPSA) is 49.7 Å². The van der Waals surface area contributed by atoms with Gasteiger partial charge in [0.25, 0.3) is 0 Å². The van der Waals surface area contributed by atoms with Crippen LogP contribution in [0.1, 0.15) is 22.3 Å². The second kappa shape index (κ2) is 6.99. The maximum atomic E-state index is 12.2. The minimum Gasteiger partial charge on any atom is -0.315 e. The second-order valence-corrected chi connectivity index (χ2v) is 10.6. The molecular formula is C21H24N2O2S2. The Kier molecular flexibility index (Phi) is 4.80. The van der Waals surface area contributed by atoms with Crippen molar-refractivity contribution in [3.63, 3.8) is 0 Å². The highest BCUT2D eigenvalue weighted by molar-refractivity contribution is 8.13. The van der Waals surface area contributed by atoms with E-state index in [1.807, 2.05) is 6.07 Å². The van der Waals surface area contributed by atoms with Gasteiger partial charge in [-0.2, -0.15) is 0 Å². The Labute approximate surface area is 165 Å². The lowest BCUT2D eigenvalue weighted by atomic mass is 10.1. The first-order chi connectivity index (χ1) is 12.8. The number of sulfone groups is 1. The van der Waals surface area contributed by atoms with Gasteiger partial charge >= 0.3 is 0 Å². The van der Waals surface area contributed by atoms with Crippen LogP contribution < -0.4 is 4.90 Å². The van der Waals surface area contributed by atoms with E-state index in [9.17, 15) is 8.42 Å². The average molecular weight is 401 g/mol. The molecule has 6 heteroatoms. The fraction of sp³-hybridized carbons (Fsp3) is 0.381. The van der Waals surface area contributed by atoms with Gasteiger partial charge in [-0.05, 0) is 43.5 Å². The van der Waals surface area contributed by atoms with Crippen LogP contribution in [0.25, 0.3) is 0 Å². The lowest BCUT2D eigenvalue weighted by Crippen LogP contribution is -2.39. The first-order valence-electron chi connectivity index (χ1n) is 9.16. The SMILES string of the molecule is Cc1ccc(N2C(SCc3ccccc3C)=N[C@@H]3CS(=O)(=O)C[C@H]32)c(C)c1. The molecule has 0 bridgehead atoms. The Hall–Kier alpha value is -1.79. The van der Waals surface area contributed by atoms with E-state index in [0.717, 1.165) is 22.2 Å². The van der Waals surface area contributed by atoms with E-state index < -0.39 is 9.84 Å². The lowest BCUT2D eigenvalue weighted by Gasteiger charge is -2.28. The molecule has 2 aromatic carbocycles. The molecule has 2 atom stereocenters. The summed E-state index contributed by atoms with van der Waals surface area (Å²) in [4.78, 5) is 7.01. The van der Waals surface area contributed by atoms with E-state index >= 15 is 0 Å². The Morgan fingerprint density at radius 3 is 2.59 bits per heavy atom. The molecule has 0 radical (unpaired) electrons. The fourth-order valence-electron chi connectivity index (χ4n) is 3.90. The fourth-order valence-corrected chi connectivity index (χ4v) is 6.94. The van der Waals surface area contributed by atoms with Crippen molar-refractivity contribution < 1.29 is 8.42 Å². The van der Waals surface area contributed by atoms with Gasteiger partial charge in [-0.15, -0.1) is 0 Å². The number of nitrogens with zero attached hydrogens (tertiary/aromatic N) is 2. The smallest absolute Gasteiger partial charge is 0.164 e. The molecule has 4 nitrogen and oxygen atoms in total. The zero-order valence-electron chi connectivity index (χ0n) is 15.8. The molecule has 4 rings (SSSR count). The Bertz CT molecular complexity index is 1010. The quantitative estimate of drug-likeness (QED) is 0.784. The van der Waals surface area contributed by atoms with Gasteiger partial charge in [-0.25, -0.2) is 8.42 Å². The maximum Gasteiger partial charge on any atom is 0.164 e. The largest absolute Gasteiger partial charge is 0.315 e. The number of fused-ring (bicyclic) bond motifs is 1. The van der Waals surface area contributed by atoms with Crippen LogP contribution in [0, 0.1) is 20.8 Å². The van der Waals surface area contributed by atoms with Crippen LogP contribution in [0.5, 0.6) is 0 Å². The molecule has 2 aromatic rings. The molecule has 2 aliphatic rings. The summed E-state index contributed by atoms with van der Waals surface area (Å²) in [5, 5.41) is 0.940. The van der Waals surface area contributed by atoms with Crippen LogP contribution in [-0.2, 0) is 15.6 Å². The first-order valence-corrected chi connectivity index (χ1v) is 12.0. The number of rotatable bonds is 3. The Morgan fingerprint density at radius 2 is 1.85 bits per heavy atom. The summed E-state index contributed by atoms with van der Waals surface area (Å²) < 4.78 is 24.4. The molecule has 0 N–H and O–H groups in total. The van der Waals surface area contributed by atoms with Crippen molar-refractivity contribution >= 4 is 32.5 Å². The van der Waals surface area contributed by atoms with Gasteiger partial charge in [-0.1, -0.05) is 53.7 Å². The van der Waals surface area contributed by atoms with E-state index in [1.165, 1.54) is 16.7 Å². The number of aliphatic imine (C=N–C) groups is 1. The number of anilines is 1. The summed E-state index contributed by atoms with van der Waals surface area (Å²) in [5.41, 5.74) is 5.99. The Balaban J connectivity index is 1.66. The van der Waals surface area contributed by atoms with E-state index in [1.54, 1.807) is 11.8 Å². The van der Waals surface area contributed by atoms with Crippen LogP contribution in [0.15, 0.2) is 47.5 Å². The molecule has 2 heterocycles. The molecule has 0 spiro atoms. The third kappa shape index (κ3) is 3.65. The van der Waals surface area contributed by atoms with Gasteiger partial charge in [0.2, 0.25) is 0 Å². The normalized spacial score (nSPS) is 23.4. The third-order valence-corrected chi connectivity index (χ3v) is 8.05. The predicted octanol–water partition coefficient (Wildman–Crippen LogP) is 3.89. The maximum absolute atomic E-state index is 12.2. The highest BCUT2D eigenvalue weighted by Crippen LogP contribution is 2.37. The summed E-state index contributed by atoms with van der Waals surface area (Å²) in [6.45, 7) is 6.28. The van der Waals surface area contributed by atoms with E-state index in [-0.39, 0.29) is 23.6 Å². The van der Waals surface area contributed by atoms with Gasteiger partial charge in [0.15, 0.2) is 15.0 Å². The van der Waals surface area contributed by atoms with Gasteiger partial charge in [0.05, 0.1) is 23.6 Å². The van der Waals surface area contributed by atoms with Gasteiger partial charge in [0, 0.05) is 11.4 Å². The minimum absolute atomic E-state index is 0.0872. The molecule has 0 amide bonds. The molecule has 1 saturated heterocycles. The van der Waals surface area contributed by atoms with Crippen LogP contribution in [0.3, 0.4) is 0 Å². The van der Waals surface area contributed by atoms with Crippen LogP contribution in [-0.4, -0.2) is 37.2 Å². The number of aryl methyl sites for hydroxylation is 3. The molecule has 1 fully saturated rings. The van der Waals surface area contributed by atoms with E-state index in [4.69, 9.17) is 4.99 Å². The number of hydrogen-bond acceptors (Lipinski definition) is 5. The summed E-state index contributed by atoms with van der Waals surface area (Å²) in [6, 6.07) is 14.5. The summed E-state index contributed by atoms with van der Waals surface area (Å²) >= 11 is 1.71. The van der Waals surface area contributed by atoms with Crippen molar-refractivity contribution in [2.75, 3.05) is 16.4 Å². The minimum atomic E-state index is -3.02. The van der Waals surface area contributed by atoms with Gasteiger partial charge in [0.1, 0.15) is 0 Å². The van der Waals surface area contributed by atoms with Crippen molar-refractivity contribution in [1.29, 1.82) is 0 Å². The average Bonchev–Trinajstić information content (AvgIpc) is 3.06. The van der Waals surface area contributed by atoms with Crippen LogP contribution in [0.4, 0.5) is 5.69 Å². The van der Waals surface area contributed by atoms with E-state index in [0.29, 0.717) is 0 Å². The zero-order valence-corrected chi connectivity index (χ0v) is 17.5. The highest BCUT2D eigenvalue weighted by atomic mass is 32.2. The molecule has 0 aliphatic carbocycles. The first kappa shape index (κ1) is 18.6. The number of hydrogen-bond donors (Lipinski definition) is 0.